The van der Waals surface area contributed by atoms with Crippen LogP contribution in [0.2, 0.25) is 0 Å². The van der Waals surface area contributed by atoms with E-state index in [1.165, 1.54) is 0 Å². The fourth-order valence-electron chi connectivity index (χ4n) is 2.07. The number of halogens is 1. The molecular formula is C16H25ClN4O2S. The van der Waals surface area contributed by atoms with Gasteiger partial charge in [0.15, 0.2) is 0 Å². The molecule has 0 bridgehead atoms. The Morgan fingerprint density at radius 3 is 2.83 bits per heavy atom. The molecule has 1 atom stereocenters. The number of rotatable bonds is 8. The normalized spacial score (nSPS) is 12.0. The predicted octanol–water partition coefficient (Wildman–Crippen LogP) is 2.98. The second-order valence-corrected chi connectivity index (χ2v) is 6.82. The molecule has 1 unspecified atom stereocenters. The zero-order valence-electron chi connectivity index (χ0n) is 14.3. The lowest BCUT2D eigenvalue weighted by molar-refractivity contribution is -0.130. The first-order chi connectivity index (χ1) is 11.0. The molecule has 2 aromatic heterocycles. The zero-order chi connectivity index (χ0) is 16.8. The van der Waals surface area contributed by atoms with Crippen molar-refractivity contribution in [2.45, 2.75) is 39.2 Å². The maximum Gasteiger partial charge on any atom is 0.227 e. The summed E-state index contributed by atoms with van der Waals surface area (Å²) in [4.78, 5) is 18.2. The Kier molecular flexibility index (Phi) is 8.38. The second-order valence-electron chi connectivity index (χ2n) is 6.04. The first-order valence-corrected chi connectivity index (χ1v) is 8.76. The van der Waals surface area contributed by atoms with Crippen molar-refractivity contribution in [2.75, 3.05) is 13.6 Å². The minimum atomic E-state index is 0. The van der Waals surface area contributed by atoms with Gasteiger partial charge in [-0.05, 0) is 23.8 Å². The van der Waals surface area contributed by atoms with Gasteiger partial charge in [-0.15, -0.1) is 12.4 Å². The van der Waals surface area contributed by atoms with Gasteiger partial charge in [-0.25, -0.2) is 0 Å². The van der Waals surface area contributed by atoms with Gasteiger partial charge >= 0.3 is 0 Å². The lowest BCUT2D eigenvalue weighted by Crippen LogP contribution is -2.34. The molecule has 0 aliphatic carbocycles. The van der Waals surface area contributed by atoms with Gasteiger partial charge in [0.1, 0.15) is 0 Å². The third kappa shape index (κ3) is 5.89. The summed E-state index contributed by atoms with van der Waals surface area (Å²) < 4.78 is 5.20. The number of amides is 1. The lowest BCUT2D eigenvalue weighted by Gasteiger charge is -2.21. The fraction of sp³-hybridized carbons (Fsp3) is 0.562. The molecule has 0 aliphatic heterocycles. The monoisotopic (exact) mass is 372 g/mol. The Morgan fingerprint density at radius 1 is 1.46 bits per heavy atom. The molecule has 0 saturated heterocycles. The second kappa shape index (κ2) is 9.76. The Bertz CT molecular complexity index is 615. The maximum absolute atomic E-state index is 12.1. The number of hydrogen-bond acceptors (Lipinski definition) is 6. The highest BCUT2D eigenvalue weighted by atomic mass is 35.5. The van der Waals surface area contributed by atoms with E-state index in [-0.39, 0.29) is 24.4 Å². The molecule has 0 saturated carbocycles. The van der Waals surface area contributed by atoms with Crippen molar-refractivity contribution in [1.29, 1.82) is 0 Å². The van der Waals surface area contributed by atoms with Crippen molar-refractivity contribution in [2.24, 2.45) is 11.7 Å². The molecule has 0 aliphatic rings. The number of carbonyl (C=O) groups is 1. The number of aryl methyl sites for hydroxylation is 1. The van der Waals surface area contributed by atoms with Crippen LogP contribution in [0.25, 0.3) is 11.4 Å². The first kappa shape index (κ1) is 20.6. The largest absolute Gasteiger partial charge is 0.346 e. The maximum atomic E-state index is 12.1. The molecule has 0 radical (unpaired) electrons. The summed E-state index contributed by atoms with van der Waals surface area (Å²) in [6.07, 6.45) is 1.62. The van der Waals surface area contributed by atoms with E-state index in [1.54, 1.807) is 23.3 Å². The Morgan fingerprint density at radius 2 is 2.21 bits per heavy atom. The van der Waals surface area contributed by atoms with Crippen LogP contribution in [0.15, 0.2) is 21.3 Å². The van der Waals surface area contributed by atoms with Crippen LogP contribution < -0.4 is 5.73 Å². The van der Waals surface area contributed by atoms with Crippen LogP contribution in [0.3, 0.4) is 0 Å². The van der Waals surface area contributed by atoms with Crippen LogP contribution in [0.5, 0.6) is 0 Å². The predicted molar refractivity (Wildman–Crippen MR) is 98.2 cm³/mol. The SMILES string of the molecule is CC(C)C(N)CCN(C)C(=O)CCc1nc(-c2ccsc2)no1.Cl. The highest BCUT2D eigenvalue weighted by Gasteiger charge is 2.15. The van der Waals surface area contributed by atoms with Crippen molar-refractivity contribution < 1.29 is 9.32 Å². The summed E-state index contributed by atoms with van der Waals surface area (Å²) in [5.41, 5.74) is 6.95. The van der Waals surface area contributed by atoms with Gasteiger partial charge in [0.2, 0.25) is 17.6 Å². The smallest absolute Gasteiger partial charge is 0.227 e. The molecule has 2 rings (SSSR count). The Balaban J connectivity index is 0.00000288. The van der Waals surface area contributed by atoms with E-state index in [9.17, 15) is 4.79 Å². The molecule has 0 fully saturated rings. The van der Waals surface area contributed by atoms with Crippen molar-refractivity contribution in [1.82, 2.24) is 15.0 Å². The Hall–Kier alpha value is -1.44. The van der Waals surface area contributed by atoms with E-state index in [0.29, 0.717) is 37.0 Å². The minimum Gasteiger partial charge on any atom is -0.346 e. The van der Waals surface area contributed by atoms with E-state index in [4.69, 9.17) is 10.3 Å². The van der Waals surface area contributed by atoms with Crippen LogP contribution >= 0.6 is 23.7 Å². The molecule has 134 valence electrons. The molecular weight excluding hydrogens is 348 g/mol. The number of thiophene rings is 1. The minimum absolute atomic E-state index is 0. The van der Waals surface area contributed by atoms with Gasteiger partial charge in [0.25, 0.3) is 0 Å². The van der Waals surface area contributed by atoms with Crippen molar-refractivity contribution in [3.8, 4) is 11.4 Å². The van der Waals surface area contributed by atoms with Gasteiger partial charge in [-0.1, -0.05) is 19.0 Å². The summed E-state index contributed by atoms with van der Waals surface area (Å²) in [5.74, 6) is 1.56. The molecule has 0 spiro atoms. The quantitative estimate of drug-likeness (QED) is 0.769. The molecule has 8 heteroatoms. The third-order valence-corrected chi connectivity index (χ3v) is 4.56. The van der Waals surface area contributed by atoms with Gasteiger partial charge < -0.3 is 15.2 Å². The van der Waals surface area contributed by atoms with Gasteiger partial charge in [0, 0.05) is 43.4 Å². The number of nitrogens with zero attached hydrogens (tertiary/aromatic N) is 3. The average molecular weight is 373 g/mol. The summed E-state index contributed by atoms with van der Waals surface area (Å²) in [5, 5.41) is 7.87. The van der Waals surface area contributed by atoms with Crippen LogP contribution in [-0.4, -0.2) is 40.6 Å². The van der Waals surface area contributed by atoms with E-state index >= 15 is 0 Å². The standard InChI is InChI=1S/C16H24N4O2S.ClH/c1-11(2)13(17)6-8-20(3)15(21)5-4-14-18-16(19-22-14)12-7-9-23-10-12;/h7,9-11,13H,4-6,8,17H2,1-3H3;1H. The number of nitrogens with two attached hydrogens (primary N) is 1. The summed E-state index contributed by atoms with van der Waals surface area (Å²) in [7, 11) is 1.81. The first-order valence-electron chi connectivity index (χ1n) is 7.82. The molecule has 2 heterocycles. The van der Waals surface area contributed by atoms with Crippen LogP contribution in [0.1, 0.15) is 32.6 Å². The van der Waals surface area contributed by atoms with Gasteiger partial charge in [-0.2, -0.15) is 16.3 Å². The average Bonchev–Trinajstić information content (AvgIpc) is 3.20. The lowest BCUT2D eigenvalue weighted by atomic mass is 10.0. The van der Waals surface area contributed by atoms with Crippen LogP contribution in [0.4, 0.5) is 0 Å². The number of aromatic nitrogens is 2. The van der Waals surface area contributed by atoms with E-state index in [2.05, 4.69) is 24.0 Å². The molecule has 6 nitrogen and oxygen atoms in total. The molecule has 2 aromatic rings. The van der Waals surface area contributed by atoms with Crippen LogP contribution in [0, 0.1) is 5.92 Å². The molecule has 2 N–H and O–H groups in total. The van der Waals surface area contributed by atoms with E-state index in [1.807, 2.05) is 16.8 Å². The topological polar surface area (TPSA) is 85.2 Å². The van der Waals surface area contributed by atoms with Crippen molar-refractivity contribution >= 4 is 29.7 Å². The summed E-state index contributed by atoms with van der Waals surface area (Å²) >= 11 is 1.58. The van der Waals surface area contributed by atoms with E-state index in [0.717, 1.165) is 12.0 Å². The summed E-state index contributed by atoms with van der Waals surface area (Å²) in [6.45, 7) is 4.85. The van der Waals surface area contributed by atoms with Gasteiger partial charge in [0.05, 0.1) is 0 Å². The number of carbonyl (C=O) groups excluding carboxylic acids is 1. The zero-order valence-corrected chi connectivity index (χ0v) is 15.9. The van der Waals surface area contributed by atoms with Crippen molar-refractivity contribution in [3.05, 3.63) is 22.7 Å². The summed E-state index contributed by atoms with van der Waals surface area (Å²) in [6, 6.07) is 2.06. The van der Waals surface area contributed by atoms with E-state index < -0.39 is 0 Å². The molecule has 24 heavy (non-hydrogen) atoms. The number of hydrogen-bond donors (Lipinski definition) is 1. The highest BCUT2D eigenvalue weighted by Crippen LogP contribution is 2.19. The molecule has 0 aromatic carbocycles. The molecule has 1 amide bonds. The fourth-order valence-corrected chi connectivity index (χ4v) is 2.71. The van der Waals surface area contributed by atoms with Crippen LogP contribution in [-0.2, 0) is 11.2 Å². The van der Waals surface area contributed by atoms with Gasteiger partial charge in [-0.3, -0.25) is 4.79 Å². The third-order valence-electron chi connectivity index (χ3n) is 3.88. The highest BCUT2D eigenvalue weighted by molar-refractivity contribution is 7.08. The van der Waals surface area contributed by atoms with Crippen molar-refractivity contribution in [3.63, 3.8) is 0 Å². The Labute approximate surface area is 152 Å².